The van der Waals surface area contributed by atoms with Crippen molar-refractivity contribution in [2.24, 2.45) is 5.92 Å². The van der Waals surface area contributed by atoms with Gasteiger partial charge < -0.3 is 14.3 Å². The highest BCUT2D eigenvalue weighted by atomic mass is 16.3. The van der Waals surface area contributed by atoms with Crippen LogP contribution in [0.25, 0.3) is 0 Å². The molecule has 0 fully saturated rings. The number of carbonyl (C=O) groups excluding carboxylic acids is 1. The maximum absolute atomic E-state index is 13.1. The Morgan fingerprint density at radius 2 is 1.91 bits per heavy atom. The summed E-state index contributed by atoms with van der Waals surface area (Å²) in [5, 5.41) is 12.3. The van der Waals surface area contributed by atoms with Crippen LogP contribution in [-0.2, 0) is 19.5 Å². The monoisotopic (exact) mass is 435 g/mol. The van der Waals surface area contributed by atoms with Gasteiger partial charge in [0.25, 0.3) is 5.91 Å². The molecule has 1 aliphatic rings. The van der Waals surface area contributed by atoms with E-state index < -0.39 is 0 Å². The Bertz CT molecular complexity index is 1030. The largest absolute Gasteiger partial charge is 0.468 e. The molecule has 0 aliphatic carbocycles. The van der Waals surface area contributed by atoms with Crippen molar-refractivity contribution in [3.63, 3.8) is 0 Å². The van der Waals surface area contributed by atoms with Crippen molar-refractivity contribution in [1.82, 2.24) is 25.0 Å². The number of rotatable bonds is 7. The first-order valence-corrected chi connectivity index (χ1v) is 11.4. The van der Waals surface area contributed by atoms with Gasteiger partial charge in [-0.15, -0.1) is 10.2 Å². The lowest BCUT2D eigenvalue weighted by atomic mass is 10.0. The molecule has 0 spiro atoms. The molecular formula is C25H33N5O2. The van der Waals surface area contributed by atoms with Gasteiger partial charge in [-0.2, -0.15) is 0 Å². The second-order valence-electron chi connectivity index (χ2n) is 9.26. The van der Waals surface area contributed by atoms with E-state index in [9.17, 15) is 4.79 Å². The fourth-order valence-electron chi connectivity index (χ4n) is 4.48. The van der Waals surface area contributed by atoms with Crippen LogP contribution in [0.15, 0.2) is 41.0 Å². The maximum atomic E-state index is 13.1. The summed E-state index contributed by atoms with van der Waals surface area (Å²) < 4.78 is 7.73. The molecule has 0 saturated heterocycles. The first-order chi connectivity index (χ1) is 15.4. The van der Waals surface area contributed by atoms with Crippen LogP contribution in [0, 0.1) is 19.8 Å². The molecular weight excluding hydrogens is 402 g/mol. The summed E-state index contributed by atoms with van der Waals surface area (Å²) in [7, 11) is 0. The van der Waals surface area contributed by atoms with Crippen LogP contribution < -0.4 is 5.32 Å². The third-order valence-electron chi connectivity index (χ3n) is 5.92. The van der Waals surface area contributed by atoms with Crippen molar-refractivity contribution < 1.29 is 9.21 Å². The van der Waals surface area contributed by atoms with Crippen molar-refractivity contribution in [2.45, 2.75) is 59.7 Å². The molecule has 0 saturated carbocycles. The summed E-state index contributed by atoms with van der Waals surface area (Å²) in [4.78, 5) is 15.5. The number of carbonyl (C=O) groups is 1. The van der Waals surface area contributed by atoms with Crippen LogP contribution >= 0.6 is 0 Å². The van der Waals surface area contributed by atoms with E-state index in [0.29, 0.717) is 11.5 Å². The van der Waals surface area contributed by atoms with E-state index in [1.54, 1.807) is 6.26 Å². The Kier molecular flexibility index (Phi) is 6.74. The zero-order valence-electron chi connectivity index (χ0n) is 19.5. The Labute approximate surface area is 189 Å². The smallest absolute Gasteiger partial charge is 0.251 e. The number of nitrogens with zero attached hydrogens (tertiary/aromatic N) is 4. The average molecular weight is 436 g/mol. The van der Waals surface area contributed by atoms with E-state index >= 15 is 0 Å². The van der Waals surface area contributed by atoms with Gasteiger partial charge in [0.05, 0.1) is 18.8 Å². The van der Waals surface area contributed by atoms with E-state index in [4.69, 9.17) is 4.42 Å². The van der Waals surface area contributed by atoms with Crippen molar-refractivity contribution >= 4 is 5.91 Å². The quantitative estimate of drug-likeness (QED) is 0.606. The minimum absolute atomic E-state index is 0.0622. The number of furan rings is 1. The number of amides is 1. The predicted molar refractivity (Wildman–Crippen MR) is 123 cm³/mol. The maximum Gasteiger partial charge on any atom is 0.251 e. The SMILES string of the molecule is Cc1cc(C)cc(C(=O)N[C@H](CC(C)C)c2nnc3n2CCN(Cc2ccco2)CC3)c1. The van der Waals surface area contributed by atoms with Gasteiger partial charge in [-0.3, -0.25) is 9.69 Å². The third-order valence-corrected chi connectivity index (χ3v) is 5.92. The normalized spacial score (nSPS) is 15.4. The molecule has 1 atom stereocenters. The van der Waals surface area contributed by atoms with Crippen molar-refractivity contribution in [3.05, 3.63) is 70.7 Å². The minimum atomic E-state index is -0.179. The van der Waals surface area contributed by atoms with Crippen LogP contribution in [0.5, 0.6) is 0 Å². The van der Waals surface area contributed by atoms with E-state index in [1.807, 2.05) is 38.1 Å². The molecule has 1 amide bonds. The summed E-state index contributed by atoms with van der Waals surface area (Å²) in [6.07, 6.45) is 3.35. The lowest BCUT2D eigenvalue weighted by Gasteiger charge is -2.22. The zero-order valence-corrected chi connectivity index (χ0v) is 19.5. The summed E-state index contributed by atoms with van der Waals surface area (Å²) in [5.41, 5.74) is 2.86. The van der Waals surface area contributed by atoms with E-state index in [1.165, 1.54) is 0 Å². The fourth-order valence-corrected chi connectivity index (χ4v) is 4.48. The second kappa shape index (κ2) is 9.69. The lowest BCUT2D eigenvalue weighted by molar-refractivity contribution is 0.0928. The number of nitrogens with one attached hydrogen (secondary N) is 1. The molecule has 2 aromatic heterocycles. The standard InChI is InChI=1S/C25H33N5O2/c1-17(2)12-22(26-25(31)20-14-18(3)13-19(4)15-20)24-28-27-23-7-8-29(9-10-30(23)24)16-21-6-5-11-32-21/h5-6,11,13-15,17,22H,7-10,12,16H2,1-4H3,(H,26,31)/t22-/m1/s1. The second-order valence-corrected chi connectivity index (χ2v) is 9.26. The molecule has 7 heteroatoms. The van der Waals surface area contributed by atoms with Crippen LogP contribution in [0.1, 0.15) is 65.2 Å². The van der Waals surface area contributed by atoms with Gasteiger partial charge in [-0.05, 0) is 50.5 Å². The van der Waals surface area contributed by atoms with Crippen LogP contribution in [0.2, 0.25) is 0 Å². The molecule has 170 valence electrons. The van der Waals surface area contributed by atoms with E-state index in [0.717, 1.165) is 67.6 Å². The van der Waals surface area contributed by atoms with Gasteiger partial charge in [0.15, 0.2) is 5.82 Å². The molecule has 1 aromatic carbocycles. The highest BCUT2D eigenvalue weighted by molar-refractivity contribution is 5.94. The fraction of sp³-hybridized carbons (Fsp3) is 0.480. The summed E-state index contributed by atoms with van der Waals surface area (Å²) in [6.45, 7) is 11.7. The average Bonchev–Trinajstić information content (AvgIpc) is 3.34. The zero-order chi connectivity index (χ0) is 22.7. The van der Waals surface area contributed by atoms with Crippen LogP contribution in [0.4, 0.5) is 0 Å². The van der Waals surface area contributed by atoms with Gasteiger partial charge in [0, 0.05) is 31.6 Å². The first kappa shape index (κ1) is 22.3. The van der Waals surface area contributed by atoms with Crippen LogP contribution in [0.3, 0.4) is 0 Å². The van der Waals surface area contributed by atoms with Crippen molar-refractivity contribution in [2.75, 3.05) is 13.1 Å². The molecule has 7 nitrogen and oxygen atoms in total. The molecule has 3 aromatic rings. The Morgan fingerprint density at radius 1 is 1.12 bits per heavy atom. The summed E-state index contributed by atoms with van der Waals surface area (Å²) in [5.74, 6) is 3.16. The van der Waals surface area contributed by atoms with Gasteiger partial charge in [0.2, 0.25) is 0 Å². The molecule has 4 rings (SSSR count). The van der Waals surface area contributed by atoms with E-state index in [-0.39, 0.29) is 11.9 Å². The third kappa shape index (κ3) is 5.27. The van der Waals surface area contributed by atoms with Gasteiger partial charge in [-0.25, -0.2) is 0 Å². The number of hydrogen-bond donors (Lipinski definition) is 1. The highest BCUT2D eigenvalue weighted by Gasteiger charge is 2.26. The Balaban J connectivity index is 1.52. The number of aryl methyl sites for hydroxylation is 2. The number of benzene rings is 1. The van der Waals surface area contributed by atoms with Crippen molar-refractivity contribution in [1.29, 1.82) is 0 Å². The molecule has 32 heavy (non-hydrogen) atoms. The highest BCUT2D eigenvalue weighted by Crippen LogP contribution is 2.23. The first-order valence-electron chi connectivity index (χ1n) is 11.4. The molecule has 0 radical (unpaired) electrons. The van der Waals surface area contributed by atoms with Crippen molar-refractivity contribution in [3.8, 4) is 0 Å². The lowest BCUT2D eigenvalue weighted by Crippen LogP contribution is -2.32. The molecule has 1 N–H and O–H groups in total. The molecule has 1 aliphatic heterocycles. The summed E-state index contributed by atoms with van der Waals surface area (Å²) >= 11 is 0. The van der Waals surface area contributed by atoms with Gasteiger partial charge >= 0.3 is 0 Å². The van der Waals surface area contributed by atoms with Gasteiger partial charge in [-0.1, -0.05) is 31.0 Å². The number of hydrogen-bond acceptors (Lipinski definition) is 5. The predicted octanol–water partition coefficient (Wildman–Crippen LogP) is 4.06. The van der Waals surface area contributed by atoms with E-state index in [2.05, 4.69) is 44.9 Å². The summed E-state index contributed by atoms with van der Waals surface area (Å²) in [6, 6.07) is 9.71. The van der Waals surface area contributed by atoms with Crippen LogP contribution in [-0.4, -0.2) is 38.7 Å². The molecule has 0 bridgehead atoms. The van der Waals surface area contributed by atoms with Gasteiger partial charge in [0.1, 0.15) is 11.6 Å². The molecule has 3 heterocycles. The minimum Gasteiger partial charge on any atom is -0.468 e. The number of aromatic nitrogens is 3. The Hall–Kier alpha value is -2.93. The topological polar surface area (TPSA) is 76.2 Å². The Morgan fingerprint density at radius 3 is 2.59 bits per heavy atom. The number of fused-ring (bicyclic) bond motifs is 1. The molecule has 0 unspecified atom stereocenters.